The molecule has 0 N–H and O–H groups in total. The number of hydrogen-bond acceptors (Lipinski definition) is 4. The van der Waals surface area contributed by atoms with Crippen LogP contribution in [0, 0.1) is 0 Å². The van der Waals surface area contributed by atoms with E-state index in [9.17, 15) is 18.0 Å². The molecule has 0 unspecified atom stereocenters. The van der Waals surface area contributed by atoms with Gasteiger partial charge in [-0.05, 0) is 24.3 Å². The Hall–Kier alpha value is -2.51. The van der Waals surface area contributed by atoms with Gasteiger partial charge >= 0.3 is 6.18 Å². The zero-order valence-electron chi connectivity index (χ0n) is 10.6. The largest absolute Gasteiger partial charge is 0.454 e. The van der Waals surface area contributed by atoms with Crippen LogP contribution in [0.4, 0.5) is 13.2 Å². The molecule has 0 saturated heterocycles. The van der Waals surface area contributed by atoms with Crippen molar-refractivity contribution >= 4 is 5.78 Å². The number of halogens is 3. The van der Waals surface area contributed by atoms with Crippen molar-refractivity contribution < 1.29 is 27.4 Å². The summed E-state index contributed by atoms with van der Waals surface area (Å²) in [6.45, 7) is -0.198. The summed E-state index contributed by atoms with van der Waals surface area (Å²) in [6, 6.07) is 5.44. The lowest BCUT2D eigenvalue weighted by atomic mass is 10.1. The van der Waals surface area contributed by atoms with Gasteiger partial charge in [-0.2, -0.15) is 18.3 Å². The third-order valence-corrected chi connectivity index (χ3v) is 2.93. The molecule has 0 bridgehead atoms. The van der Waals surface area contributed by atoms with Gasteiger partial charge in [0.15, 0.2) is 23.0 Å². The van der Waals surface area contributed by atoms with Crippen LogP contribution >= 0.6 is 0 Å². The molecule has 3 rings (SSSR count). The second kappa shape index (κ2) is 4.80. The summed E-state index contributed by atoms with van der Waals surface area (Å²) in [5.74, 6) is 0.604. The first-order chi connectivity index (χ1) is 9.93. The minimum absolute atomic E-state index is 0.0844. The number of alkyl halides is 3. The number of ketones is 1. The van der Waals surface area contributed by atoms with Crippen LogP contribution in [-0.4, -0.2) is 22.4 Å². The number of Topliss-reactive ketones (excluding diaryl/α,β-unsaturated/α-hetero) is 1. The third-order valence-electron chi connectivity index (χ3n) is 2.93. The van der Waals surface area contributed by atoms with E-state index in [-0.39, 0.29) is 19.1 Å². The first kappa shape index (κ1) is 13.5. The Morgan fingerprint density at radius 3 is 2.71 bits per heavy atom. The van der Waals surface area contributed by atoms with Crippen LogP contribution in [0.25, 0.3) is 0 Å². The first-order valence-corrected chi connectivity index (χ1v) is 5.97. The molecule has 0 aliphatic carbocycles. The summed E-state index contributed by atoms with van der Waals surface area (Å²) in [6.07, 6.45) is -3.40. The fraction of sp³-hybridized carbons (Fsp3) is 0.231. The molecular weight excluding hydrogens is 289 g/mol. The highest BCUT2D eigenvalue weighted by Gasteiger charge is 2.33. The second-order valence-electron chi connectivity index (χ2n) is 4.39. The van der Waals surface area contributed by atoms with Gasteiger partial charge < -0.3 is 9.47 Å². The van der Waals surface area contributed by atoms with Crippen molar-refractivity contribution in [2.24, 2.45) is 0 Å². The molecule has 2 heterocycles. The molecule has 1 aromatic carbocycles. The lowest BCUT2D eigenvalue weighted by Crippen LogP contribution is -2.13. The fourth-order valence-electron chi connectivity index (χ4n) is 1.91. The number of carbonyl (C=O) groups excluding carboxylic acids is 1. The van der Waals surface area contributed by atoms with Crippen LogP contribution in [0.5, 0.6) is 11.5 Å². The van der Waals surface area contributed by atoms with Gasteiger partial charge in [-0.25, -0.2) is 0 Å². The number of benzene rings is 1. The molecule has 0 fully saturated rings. The van der Waals surface area contributed by atoms with Crippen molar-refractivity contribution in [1.82, 2.24) is 9.78 Å². The van der Waals surface area contributed by atoms with Crippen molar-refractivity contribution in [2.75, 3.05) is 6.79 Å². The van der Waals surface area contributed by atoms with E-state index >= 15 is 0 Å². The number of carbonyl (C=O) groups is 1. The zero-order chi connectivity index (χ0) is 15.0. The molecule has 2 aromatic rings. The highest BCUT2D eigenvalue weighted by Crippen LogP contribution is 2.32. The summed E-state index contributed by atoms with van der Waals surface area (Å²) in [7, 11) is 0. The van der Waals surface area contributed by atoms with E-state index in [0.29, 0.717) is 17.1 Å². The number of ether oxygens (including phenoxy) is 2. The van der Waals surface area contributed by atoms with Crippen molar-refractivity contribution in [3.8, 4) is 11.5 Å². The van der Waals surface area contributed by atoms with Gasteiger partial charge in [-0.1, -0.05) is 0 Å². The van der Waals surface area contributed by atoms with Crippen LogP contribution in [0.1, 0.15) is 16.1 Å². The quantitative estimate of drug-likeness (QED) is 0.817. The van der Waals surface area contributed by atoms with Gasteiger partial charge in [0.25, 0.3) is 0 Å². The van der Waals surface area contributed by atoms with E-state index in [0.717, 1.165) is 16.9 Å². The van der Waals surface area contributed by atoms with Gasteiger partial charge in [0.05, 0.1) is 0 Å². The Morgan fingerprint density at radius 2 is 2.00 bits per heavy atom. The first-order valence-electron chi connectivity index (χ1n) is 5.97. The van der Waals surface area contributed by atoms with Crippen LogP contribution < -0.4 is 9.47 Å². The highest BCUT2D eigenvalue weighted by molar-refractivity contribution is 5.96. The molecule has 110 valence electrons. The molecule has 8 heteroatoms. The van der Waals surface area contributed by atoms with Gasteiger partial charge in [0.2, 0.25) is 6.79 Å². The maximum absolute atomic E-state index is 12.4. The van der Waals surface area contributed by atoms with E-state index in [1.165, 1.54) is 12.1 Å². The second-order valence-corrected chi connectivity index (χ2v) is 4.39. The monoisotopic (exact) mass is 298 g/mol. The van der Waals surface area contributed by atoms with Crippen molar-refractivity contribution in [3.05, 3.63) is 41.7 Å². The molecule has 0 saturated carbocycles. The highest BCUT2D eigenvalue weighted by atomic mass is 19.4. The van der Waals surface area contributed by atoms with E-state index in [4.69, 9.17) is 9.47 Å². The van der Waals surface area contributed by atoms with Gasteiger partial charge in [-0.15, -0.1) is 0 Å². The molecule has 1 aliphatic heterocycles. The Bertz CT molecular complexity index is 694. The minimum atomic E-state index is -4.52. The molecule has 1 aromatic heterocycles. The average molecular weight is 298 g/mol. The number of aromatic nitrogens is 2. The summed E-state index contributed by atoms with van der Waals surface area (Å²) in [5.41, 5.74) is -0.704. The lowest BCUT2D eigenvalue weighted by molar-refractivity contribution is -0.141. The number of nitrogens with zero attached hydrogens (tertiary/aromatic N) is 2. The Labute approximate surface area is 116 Å². The minimum Gasteiger partial charge on any atom is -0.454 e. The molecule has 0 spiro atoms. The third kappa shape index (κ3) is 2.69. The SMILES string of the molecule is O=C(Cn1ccc(C(F)(F)F)n1)c1ccc2c(c1)OCO2. The topological polar surface area (TPSA) is 53.4 Å². The lowest BCUT2D eigenvalue weighted by Gasteiger charge is -2.04. The standard InChI is InChI=1S/C13H9F3N2O3/c14-13(15,16)12-3-4-18(17-12)6-9(19)8-1-2-10-11(5-8)21-7-20-10/h1-5H,6-7H2. The van der Waals surface area contributed by atoms with E-state index in [2.05, 4.69) is 5.10 Å². The molecule has 21 heavy (non-hydrogen) atoms. The summed E-state index contributed by atoms with van der Waals surface area (Å²) >= 11 is 0. The molecule has 0 amide bonds. The normalized spacial score (nSPS) is 13.5. The van der Waals surface area contributed by atoms with Crippen LogP contribution in [0.2, 0.25) is 0 Å². The van der Waals surface area contributed by atoms with Crippen molar-refractivity contribution in [1.29, 1.82) is 0 Å². The molecule has 0 radical (unpaired) electrons. The van der Waals surface area contributed by atoms with Crippen molar-refractivity contribution in [3.63, 3.8) is 0 Å². The van der Waals surface area contributed by atoms with E-state index < -0.39 is 11.9 Å². The molecule has 5 nitrogen and oxygen atoms in total. The zero-order valence-corrected chi connectivity index (χ0v) is 10.6. The molecule has 0 atom stereocenters. The summed E-state index contributed by atoms with van der Waals surface area (Å²) < 4.78 is 48.5. The fourth-order valence-corrected chi connectivity index (χ4v) is 1.91. The number of fused-ring (bicyclic) bond motifs is 1. The molecule has 1 aliphatic rings. The van der Waals surface area contributed by atoms with Gasteiger partial charge in [0.1, 0.15) is 6.54 Å². The molecular formula is C13H9F3N2O3. The smallest absolute Gasteiger partial charge is 0.435 e. The maximum atomic E-state index is 12.4. The number of hydrogen-bond donors (Lipinski definition) is 0. The van der Waals surface area contributed by atoms with Crippen molar-refractivity contribution in [2.45, 2.75) is 12.7 Å². The van der Waals surface area contributed by atoms with Crippen LogP contribution in [-0.2, 0) is 12.7 Å². The van der Waals surface area contributed by atoms with Gasteiger partial charge in [-0.3, -0.25) is 9.48 Å². The van der Waals surface area contributed by atoms with Crippen LogP contribution in [0.3, 0.4) is 0 Å². The van der Waals surface area contributed by atoms with Gasteiger partial charge in [0, 0.05) is 11.8 Å². The predicted molar refractivity (Wildman–Crippen MR) is 64.1 cm³/mol. The number of rotatable bonds is 3. The average Bonchev–Trinajstić information content (AvgIpc) is 3.04. The van der Waals surface area contributed by atoms with E-state index in [1.54, 1.807) is 6.07 Å². The Kier molecular flexibility index (Phi) is 3.08. The predicted octanol–water partition coefficient (Wildman–Crippen LogP) is 2.51. The maximum Gasteiger partial charge on any atom is 0.435 e. The van der Waals surface area contributed by atoms with Crippen LogP contribution in [0.15, 0.2) is 30.5 Å². The Balaban J connectivity index is 1.76. The Morgan fingerprint density at radius 1 is 1.24 bits per heavy atom. The van der Waals surface area contributed by atoms with E-state index in [1.807, 2.05) is 0 Å². The summed E-state index contributed by atoms with van der Waals surface area (Å²) in [5, 5.41) is 3.33. The summed E-state index contributed by atoms with van der Waals surface area (Å²) in [4.78, 5) is 12.0.